The van der Waals surface area contributed by atoms with Crippen molar-refractivity contribution in [3.05, 3.63) is 58.8 Å². The average Bonchev–Trinajstić information content (AvgIpc) is 2.80. The Kier molecular flexibility index (Phi) is 3.05. The Labute approximate surface area is 121 Å². The number of hydrogen-bond acceptors (Lipinski definition) is 1. The SMILES string of the molecule is FC(F)(F)c1ccn2cc(-c3cccc(Br)c3)nc2c1. The fraction of sp³-hybridized carbons (Fsp3) is 0.0714. The van der Waals surface area contributed by atoms with Gasteiger partial charge in [-0.1, -0.05) is 28.1 Å². The number of nitrogens with zero attached hydrogens (tertiary/aromatic N) is 2. The molecule has 2 heterocycles. The van der Waals surface area contributed by atoms with Crippen molar-refractivity contribution in [3.63, 3.8) is 0 Å². The Bertz CT molecular complexity index is 777. The molecule has 0 radical (unpaired) electrons. The summed E-state index contributed by atoms with van der Waals surface area (Å²) in [5.74, 6) is 0. The van der Waals surface area contributed by atoms with Crippen molar-refractivity contribution < 1.29 is 13.2 Å². The predicted molar refractivity (Wildman–Crippen MR) is 73.3 cm³/mol. The summed E-state index contributed by atoms with van der Waals surface area (Å²) in [6.07, 6.45) is -1.28. The third-order valence-corrected chi connectivity index (χ3v) is 3.40. The van der Waals surface area contributed by atoms with Crippen LogP contribution in [0.2, 0.25) is 0 Å². The maximum atomic E-state index is 12.7. The smallest absolute Gasteiger partial charge is 0.306 e. The fourth-order valence-electron chi connectivity index (χ4n) is 1.95. The standard InChI is InChI=1S/C14H8BrF3N2/c15-11-3-1-2-9(6-11)12-8-20-5-4-10(14(16,17)18)7-13(20)19-12/h1-8H. The van der Waals surface area contributed by atoms with Crippen LogP contribution in [-0.2, 0) is 6.18 Å². The Hall–Kier alpha value is -1.82. The van der Waals surface area contributed by atoms with E-state index in [1.807, 2.05) is 24.3 Å². The van der Waals surface area contributed by atoms with Crippen LogP contribution in [0.5, 0.6) is 0 Å². The van der Waals surface area contributed by atoms with Crippen LogP contribution < -0.4 is 0 Å². The van der Waals surface area contributed by atoms with Crippen molar-refractivity contribution in [1.29, 1.82) is 0 Å². The molecule has 0 amide bonds. The van der Waals surface area contributed by atoms with Gasteiger partial charge in [0.05, 0.1) is 11.3 Å². The van der Waals surface area contributed by atoms with Crippen molar-refractivity contribution in [2.45, 2.75) is 6.18 Å². The monoisotopic (exact) mass is 340 g/mol. The van der Waals surface area contributed by atoms with Crippen LogP contribution >= 0.6 is 15.9 Å². The number of rotatable bonds is 1. The molecule has 2 aromatic heterocycles. The second kappa shape index (κ2) is 4.63. The molecule has 3 rings (SSSR count). The van der Waals surface area contributed by atoms with Crippen molar-refractivity contribution in [1.82, 2.24) is 9.38 Å². The molecule has 0 fully saturated rings. The Morgan fingerprint density at radius 3 is 2.60 bits per heavy atom. The number of halogens is 4. The number of alkyl halides is 3. The van der Waals surface area contributed by atoms with Gasteiger partial charge in [0.2, 0.25) is 0 Å². The maximum Gasteiger partial charge on any atom is 0.416 e. The van der Waals surface area contributed by atoms with E-state index in [1.165, 1.54) is 6.20 Å². The second-order valence-electron chi connectivity index (χ2n) is 4.32. The molecule has 0 saturated carbocycles. The van der Waals surface area contributed by atoms with Crippen molar-refractivity contribution >= 4 is 21.6 Å². The highest BCUT2D eigenvalue weighted by Crippen LogP contribution is 2.30. The molecule has 0 atom stereocenters. The van der Waals surface area contributed by atoms with E-state index in [2.05, 4.69) is 20.9 Å². The third-order valence-electron chi connectivity index (χ3n) is 2.91. The van der Waals surface area contributed by atoms with Crippen molar-refractivity contribution in [2.75, 3.05) is 0 Å². The van der Waals surface area contributed by atoms with Gasteiger partial charge in [-0.25, -0.2) is 4.98 Å². The summed E-state index contributed by atoms with van der Waals surface area (Å²) < 4.78 is 40.4. The lowest BCUT2D eigenvalue weighted by Gasteiger charge is -2.05. The quantitative estimate of drug-likeness (QED) is 0.623. The normalized spacial score (nSPS) is 12.0. The molecule has 0 N–H and O–H groups in total. The van der Waals surface area contributed by atoms with Gasteiger partial charge in [0.25, 0.3) is 0 Å². The highest BCUT2D eigenvalue weighted by Gasteiger charge is 2.30. The minimum atomic E-state index is -4.36. The summed E-state index contributed by atoms with van der Waals surface area (Å²) in [6.45, 7) is 0. The number of fused-ring (bicyclic) bond motifs is 1. The van der Waals surface area contributed by atoms with E-state index in [9.17, 15) is 13.2 Å². The van der Waals surface area contributed by atoms with Crippen molar-refractivity contribution in [3.8, 4) is 11.3 Å². The zero-order valence-electron chi connectivity index (χ0n) is 10.0. The van der Waals surface area contributed by atoms with Gasteiger partial charge in [-0.15, -0.1) is 0 Å². The summed E-state index contributed by atoms with van der Waals surface area (Å²) in [7, 11) is 0. The van der Waals surface area contributed by atoms with Gasteiger partial charge in [-0.2, -0.15) is 13.2 Å². The first kappa shape index (κ1) is 13.2. The zero-order chi connectivity index (χ0) is 14.3. The molecular weight excluding hydrogens is 333 g/mol. The molecule has 6 heteroatoms. The molecule has 0 saturated heterocycles. The predicted octanol–water partition coefficient (Wildman–Crippen LogP) is 4.78. The van der Waals surface area contributed by atoms with E-state index in [0.717, 1.165) is 22.2 Å². The summed E-state index contributed by atoms with van der Waals surface area (Å²) >= 11 is 3.36. The van der Waals surface area contributed by atoms with E-state index in [-0.39, 0.29) is 5.65 Å². The van der Waals surface area contributed by atoms with E-state index in [4.69, 9.17) is 0 Å². The summed E-state index contributed by atoms with van der Waals surface area (Å²) in [4.78, 5) is 4.24. The molecule has 102 valence electrons. The summed E-state index contributed by atoms with van der Waals surface area (Å²) in [5.41, 5.74) is 1.05. The van der Waals surface area contributed by atoms with Gasteiger partial charge < -0.3 is 4.40 Å². The van der Waals surface area contributed by atoms with Crippen LogP contribution in [0.3, 0.4) is 0 Å². The van der Waals surface area contributed by atoms with Crippen LogP contribution in [0, 0.1) is 0 Å². The molecule has 2 nitrogen and oxygen atoms in total. The highest BCUT2D eigenvalue weighted by atomic mass is 79.9. The fourth-order valence-corrected chi connectivity index (χ4v) is 2.34. The van der Waals surface area contributed by atoms with Gasteiger partial charge in [0.1, 0.15) is 5.65 Å². The first-order chi connectivity index (χ1) is 9.43. The molecule has 0 spiro atoms. The molecule has 20 heavy (non-hydrogen) atoms. The van der Waals surface area contributed by atoms with Gasteiger partial charge in [-0.05, 0) is 24.3 Å². The molecule has 0 aliphatic rings. The summed E-state index contributed by atoms with van der Waals surface area (Å²) in [6, 6.07) is 9.54. The van der Waals surface area contributed by atoms with Crippen LogP contribution in [-0.4, -0.2) is 9.38 Å². The molecule has 0 aliphatic heterocycles. The Morgan fingerprint density at radius 1 is 1.10 bits per heavy atom. The van der Waals surface area contributed by atoms with Gasteiger partial charge >= 0.3 is 6.18 Å². The lowest BCUT2D eigenvalue weighted by Crippen LogP contribution is -2.05. The Balaban J connectivity index is 2.11. The molecular formula is C14H8BrF3N2. The van der Waals surface area contributed by atoms with Crippen LogP contribution in [0.15, 0.2) is 53.3 Å². The zero-order valence-corrected chi connectivity index (χ0v) is 11.6. The molecule has 3 aromatic rings. The van der Waals surface area contributed by atoms with Crippen LogP contribution in [0.4, 0.5) is 13.2 Å². The first-order valence-electron chi connectivity index (χ1n) is 5.75. The minimum Gasteiger partial charge on any atom is -0.306 e. The van der Waals surface area contributed by atoms with Gasteiger partial charge in [0, 0.05) is 22.4 Å². The Morgan fingerprint density at radius 2 is 1.90 bits per heavy atom. The van der Waals surface area contributed by atoms with E-state index in [0.29, 0.717) is 5.69 Å². The second-order valence-corrected chi connectivity index (χ2v) is 5.23. The largest absolute Gasteiger partial charge is 0.416 e. The number of pyridine rings is 1. The number of imidazole rings is 1. The molecule has 0 unspecified atom stereocenters. The number of benzene rings is 1. The first-order valence-corrected chi connectivity index (χ1v) is 6.55. The van der Waals surface area contributed by atoms with Gasteiger partial charge in [-0.3, -0.25) is 0 Å². The average molecular weight is 341 g/mol. The number of aromatic nitrogens is 2. The van der Waals surface area contributed by atoms with Gasteiger partial charge in [0.15, 0.2) is 0 Å². The van der Waals surface area contributed by atoms with E-state index < -0.39 is 11.7 Å². The number of hydrogen-bond donors (Lipinski definition) is 0. The lowest BCUT2D eigenvalue weighted by molar-refractivity contribution is -0.137. The minimum absolute atomic E-state index is 0.273. The highest BCUT2D eigenvalue weighted by molar-refractivity contribution is 9.10. The summed E-state index contributed by atoms with van der Waals surface area (Å²) in [5, 5.41) is 0. The maximum absolute atomic E-state index is 12.7. The topological polar surface area (TPSA) is 17.3 Å². The van der Waals surface area contributed by atoms with E-state index >= 15 is 0 Å². The molecule has 0 aliphatic carbocycles. The van der Waals surface area contributed by atoms with Crippen LogP contribution in [0.25, 0.3) is 16.9 Å². The lowest BCUT2D eigenvalue weighted by atomic mass is 10.2. The molecule has 1 aromatic carbocycles. The van der Waals surface area contributed by atoms with E-state index in [1.54, 1.807) is 10.6 Å². The molecule has 0 bridgehead atoms. The van der Waals surface area contributed by atoms with Crippen LogP contribution in [0.1, 0.15) is 5.56 Å². The van der Waals surface area contributed by atoms with Crippen molar-refractivity contribution in [2.24, 2.45) is 0 Å². The third kappa shape index (κ3) is 2.43.